The molecule has 1 aromatic rings. The smallest absolute Gasteiger partial charge is 0.253 e. The minimum Gasteiger partial charge on any atom is -0.338 e. The van der Waals surface area contributed by atoms with Gasteiger partial charge in [0.15, 0.2) is 0 Å². The Morgan fingerprint density at radius 2 is 2.19 bits per heavy atom. The first-order valence-electron chi connectivity index (χ1n) is 5.83. The van der Waals surface area contributed by atoms with E-state index in [-0.39, 0.29) is 5.91 Å². The number of hydrogen-bond acceptors (Lipinski definition) is 2. The van der Waals surface area contributed by atoms with Crippen molar-refractivity contribution in [2.45, 2.75) is 26.7 Å². The summed E-state index contributed by atoms with van der Waals surface area (Å²) in [4.78, 5) is 18.2. The molecule has 0 atom stereocenters. The average Bonchev–Trinajstić information content (AvgIpc) is 2.24. The molecule has 0 N–H and O–H groups in total. The van der Waals surface area contributed by atoms with Gasteiger partial charge in [0.05, 0.1) is 0 Å². The number of nitrogens with zero attached hydrogens (tertiary/aromatic N) is 2. The van der Waals surface area contributed by atoms with Crippen LogP contribution in [0.2, 0.25) is 0 Å². The lowest BCUT2D eigenvalue weighted by atomic mass is 10.0. The summed E-state index contributed by atoms with van der Waals surface area (Å²) in [6.45, 7) is 8.11. The maximum Gasteiger partial charge on any atom is 0.253 e. The normalized spacial score (nSPS) is 16.4. The molecule has 1 saturated heterocycles. The fourth-order valence-corrected chi connectivity index (χ4v) is 1.94. The van der Waals surface area contributed by atoms with Crippen LogP contribution in [0.25, 0.3) is 0 Å². The molecule has 1 aromatic heterocycles. The van der Waals surface area contributed by atoms with E-state index in [2.05, 4.69) is 25.8 Å². The summed E-state index contributed by atoms with van der Waals surface area (Å²) in [7, 11) is 0. The van der Waals surface area contributed by atoms with Crippen LogP contribution in [0.4, 0.5) is 0 Å². The lowest BCUT2D eigenvalue weighted by Gasteiger charge is -2.37. The summed E-state index contributed by atoms with van der Waals surface area (Å²) >= 11 is 0. The average molecular weight is 218 g/mol. The SMILES string of the molecule is CC1CN(C(=O)c2ccnc(C(C)C)c2)C1. The number of carbonyl (C=O) groups excluding carboxylic acids is 1. The Bertz CT molecular complexity index is 395. The van der Waals surface area contributed by atoms with Crippen LogP contribution in [-0.4, -0.2) is 28.9 Å². The fraction of sp³-hybridized carbons (Fsp3) is 0.538. The first-order valence-corrected chi connectivity index (χ1v) is 5.83. The highest BCUT2D eigenvalue weighted by Gasteiger charge is 2.27. The molecule has 1 aliphatic rings. The monoisotopic (exact) mass is 218 g/mol. The van der Waals surface area contributed by atoms with Crippen molar-refractivity contribution < 1.29 is 4.79 Å². The van der Waals surface area contributed by atoms with Gasteiger partial charge in [-0.2, -0.15) is 0 Å². The molecule has 2 rings (SSSR count). The zero-order valence-corrected chi connectivity index (χ0v) is 10.1. The zero-order valence-electron chi connectivity index (χ0n) is 10.1. The van der Waals surface area contributed by atoms with Crippen LogP contribution in [0.1, 0.15) is 42.7 Å². The van der Waals surface area contributed by atoms with Gasteiger partial charge >= 0.3 is 0 Å². The number of carbonyl (C=O) groups is 1. The molecule has 1 amide bonds. The number of aromatic nitrogens is 1. The first-order chi connectivity index (χ1) is 7.58. The van der Waals surface area contributed by atoms with E-state index in [4.69, 9.17) is 0 Å². The Morgan fingerprint density at radius 1 is 1.50 bits per heavy atom. The lowest BCUT2D eigenvalue weighted by Crippen LogP contribution is -2.48. The van der Waals surface area contributed by atoms with Crippen LogP contribution in [0.15, 0.2) is 18.3 Å². The summed E-state index contributed by atoms with van der Waals surface area (Å²) in [6, 6.07) is 3.72. The molecule has 3 nitrogen and oxygen atoms in total. The van der Waals surface area contributed by atoms with Gasteiger partial charge in [-0.25, -0.2) is 0 Å². The first kappa shape index (κ1) is 11.1. The van der Waals surface area contributed by atoms with Gasteiger partial charge in [0, 0.05) is 30.5 Å². The van der Waals surface area contributed by atoms with Gasteiger partial charge in [0.25, 0.3) is 5.91 Å². The Balaban J connectivity index is 2.14. The van der Waals surface area contributed by atoms with Crippen molar-refractivity contribution >= 4 is 5.91 Å². The van der Waals surface area contributed by atoms with Crippen LogP contribution >= 0.6 is 0 Å². The Hall–Kier alpha value is -1.38. The van der Waals surface area contributed by atoms with Crippen molar-refractivity contribution in [2.24, 2.45) is 5.92 Å². The number of rotatable bonds is 2. The van der Waals surface area contributed by atoms with Gasteiger partial charge in [0.2, 0.25) is 0 Å². The van der Waals surface area contributed by atoms with E-state index in [1.165, 1.54) is 0 Å². The third-order valence-corrected chi connectivity index (χ3v) is 2.97. The van der Waals surface area contributed by atoms with Gasteiger partial charge in [-0.1, -0.05) is 20.8 Å². The Morgan fingerprint density at radius 3 is 2.75 bits per heavy atom. The predicted molar refractivity (Wildman–Crippen MR) is 63.4 cm³/mol. The van der Waals surface area contributed by atoms with Crippen molar-refractivity contribution in [1.29, 1.82) is 0 Å². The molecule has 3 heteroatoms. The minimum atomic E-state index is 0.141. The lowest BCUT2D eigenvalue weighted by molar-refractivity contribution is 0.0530. The zero-order chi connectivity index (χ0) is 11.7. The van der Waals surface area contributed by atoms with E-state index in [1.807, 2.05) is 11.0 Å². The van der Waals surface area contributed by atoms with Crippen molar-refractivity contribution in [3.05, 3.63) is 29.6 Å². The second-order valence-corrected chi connectivity index (χ2v) is 4.94. The van der Waals surface area contributed by atoms with Gasteiger partial charge in [-0.15, -0.1) is 0 Å². The van der Waals surface area contributed by atoms with Gasteiger partial charge in [0.1, 0.15) is 0 Å². The van der Waals surface area contributed by atoms with E-state index in [1.54, 1.807) is 12.3 Å². The van der Waals surface area contributed by atoms with Crippen molar-refractivity contribution in [3.63, 3.8) is 0 Å². The third-order valence-electron chi connectivity index (χ3n) is 2.97. The van der Waals surface area contributed by atoms with Gasteiger partial charge in [-0.3, -0.25) is 9.78 Å². The standard InChI is InChI=1S/C13H18N2O/c1-9(2)12-6-11(4-5-14-12)13(16)15-7-10(3)8-15/h4-6,9-10H,7-8H2,1-3H3. The maximum atomic E-state index is 12.0. The molecular weight excluding hydrogens is 200 g/mol. The molecule has 1 fully saturated rings. The van der Waals surface area contributed by atoms with E-state index in [9.17, 15) is 4.79 Å². The molecule has 0 unspecified atom stereocenters. The highest BCUT2D eigenvalue weighted by molar-refractivity contribution is 5.94. The Labute approximate surface area is 96.5 Å². The van der Waals surface area contributed by atoms with E-state index >= 15 is 0 Å². The second kappa shape index (κ2) is 4.24. The summed E-state index contributed by atoms with van der Waals surface area (Å²) in [5.41, 5.74) is 1.75. The molecule has 0 bridgehead atoms. The number of amides is 1. The van der Waals surface area contributed by atoms with E-state index in [0.29, 0.717) is 11.8 Å². The second-order valence-electron chi connectivity index (χ2n) is 4.94. The molecule has 0 spiro atoms. The third kappa shape index (κ3) is 2.08. The maximum absolute atomic E-state index is 12.0. The summed E-state index contributed by atoms with van der Waals surface area (Å²) in [5, 5.41) is 0. The topological polar surface area (TPSA) is 33.2 Å². The molecular formula is C13H18N2O. The highest BCUT2D eigenvalue weighted by atomic mass is 16.2. The van der Waals surface area contributed by atoms with Crippen LogP contribution in [0.5, 0.6) is 0 Å². The van der Waals surface area contributed by atoms with Gasteiger partial charge < -0.3 is 4.90 Å². The Kier molecular flexibility index (Phi) is 2.95. The van der Waals surface area contributed by atoms with Crippen molar-refractivity contribution in [3.8, 4) is 0 Å². The predicted octanol–water partition coefficient (Wildman–Crippen LogP) is 2.30. The summed E-state index contributed by atoms with van der Waals surface area (Å²) in [5.74, 6) is 1.15. The molecule has 86 valence electrons. The molecule has 0 radical (unpaired) electrons. The number of hydrogen-bond donors (Lipinski definition) is 0. The van der Waals surface area contributed by atoms with E-state index in [0.717, 1.165) is 24.3 Å². The van der Waals surface area contributed by atoms with Crippen molar-refractivity contribution in [1.82, 2.24) is 9.88 Å². The molecule has 0 saturated carbocycles. The fourth-order valence-electron chi connectivity index (χ4n) is 1.94. The van der Waals surface area contributed by atoms with Crippen LogP contribution in [0, 0.1) is 5.92 Å². The van der Waals surface area contributed by atoms with Gasteiger partial charge in [-0.05, 0) is 24.0 Å². The molecule has 2 heterocycles. The highest BCUT2D eigenvalue weighted by Crippen LogP contribution is 2.19. The molecule has 1 aliphatic heterocycles. The molecule has 0 aromatic carbocycles. The quantitative estimate of drug-likeness (QED) is 0.763. The van der Waals surface area contributed by atoms with Crippen LogP contribution in [-0.2, 0) is 0 Å². The van der Waals surface area contributed by atoms with E-state index < -0.39 is 0 Å². The number of likely N-dealkylation sites (tertiary alicyclic amines) is 1. The minimum absolute atomic E-state index is 0.141. The van der Waals surface area contributed by atoms with Crippen molar-refractivity contribution in [2.75, 3.05) is 13.1 Å². The summed E-state index contributed by atoms with van der Waals surface area (Å²) < 4.78 is 0. The summed E-state index contributed by atoms with van der Waals surface area (Å²) in [6.07, 6.45) is 1.73. The van der Waals surface area contributed by atoms with Crippen LogP contribution in [0.3, 0.4) is 0 Å². The largest absolute Gasteiger partial charge is 0.338 e. The van der Waals surface area contributed by atoms with Crippen LogP contribution < -0.4 is 0 Å². The number of pyridine rings is 1. The molecule has 0 aliphatic carbocycles. The molecule has 16 heavy (non-hydrogen) atoms.